The zero-order valence-electron chi connectivity index (χ0n) is 15.7. The van der Waals surface area contributed by atoms with Crippen LogP contribution in [0.2, 0.25) is 0 Å². The molecular formula is C19H18F2N6O2. The molecule has 0 bridgehead atoms. The molecule has 0 saturated heterocycles. The van der Waals surface area contributed by atoms with E-state index in [2.05, 4.69) is 10.4 Å². The molecule has 1 N–H and O–H groups in total. The van der Waals surface area contributed by atoms with Crippen molar-refractivity contribution in [1.29, 1.82) is 5.26 Å². The van der Waals surface area contributed by atoms with Gasteiger partial charge in [-0.05, 0) is 18.2 Å². The predicted octanol–water partition coefficient (Wildman–Crippen LogP) is 1.91. The van der Waals surface area contributed by atoms with Crippen molar-refractivity contribution in [3.63, 3.8) is 0 Å². The quantitative estimate of drug-likeness (QED) is 0.791. The van der Waals surface area contributed by atoms with Gasteiger partial charge >= 0.3 is 6.03 Å². The van der Waals surface area contributed by atoms with Gasteiger partial charge in [-0.2, -0.15) is 10.4 Å². The molecule has 0 fully saturated rings. The molecular weight excluding hydrogens is 382 g/mol. The first kappa shape index (κ1) is 18.9. The summed E-state index contributed by atoms with van der Waals surface area (Å²) in [6.07, 6.45) is -0.775. The molecule has 0 saturated carbocycles. The highest BCUT2D eigenvalue weighted by atomic mass is 19.1. The minimum absolute atomic E-state index is 0.00285. The van der Waals surface area contributed by atoms with Crippen molar-refractivity contribution in [2.45, 2.75) is 25.7 Å². The Balaban J connectivity index is 1.57. The molecule has 150 valence electrons. The summed E-state index contributed by atoms with van der Waals surface area (Å²) in [5, 5.41) is 16.0. The molecule has 0 unspecified atom stereocenters. The van der Waals surface area contributed by atoms with Crippen LogP contribution in [0.1, 0.15) is 27.3 Å². The third kappa shape index (κ3) is 3.40. The Morgan fingerprint density at radius 2 is 2.17 bits per heavy atom. The van der Waals surface area contributed by atoms with Crippen molar-refractivity contribution >= 4 is 17.6 Å². The molecule has 4 rings (SSSR count). The number of rotatable bonds is 1. The van der Waals surface area contributed by atoms with Crippen molar-refractivity contribution in [3.8, 4) is 6.07 Å². The number of halogens is 2. The summed E-state index contributed by atoms with van der Waals surface area (Å²) in [6, 6.07) is 5.03. The standard InChI is InChI=1S/C19H18F2N6O2/c1-25-8-12(20)9-27-17(18(25)28)14-10-26(5-4-16(14)24-27)19(29)23-13-2-3-15(21)11(6-13)7-22/h2-3,6,12H,4-5,8-10H2,1H3,(H,23,29)/t12-/m1/s1. The smallest absolute Gasteiger partial charge is 0.322 e. The molecule has 3 heterocycles. The fourth-order valence-electron chi connectivity index (χ4n) is 3.67. The van der Waals surface area contributed by atoms with Crippen LogP contribution < -0.4 is 5.32 Å². The second kappa shape index (κ2) is 7.16. The van der Waals surface area contributed by atoms with Crippen LogP contribution in [0.15, 0.2) is 18.2 Å². The predicted molar refractivity (Wildman–Crippen MR) is 98.3 cm³/mol. The van der Waals surface area contributed by atoms with Crippen LogP contribution >= 0.6 is 0 Å². The molecule has 29 heavy (non-hydrogen) atoms. The summed E-state index contributed by atoms with van der Waals surface area (Å²) in [5.41, 5.74) is 1.75. The van der Waals surface area contributed by atoms with E-state index >= 15 is 0 Å². The lowest BCUT2D eigenvalue weighted by atomic mass is 10.0. The van der Waals surface area contributed by atoms with E-state index in [9.17, 15) is 18.4 Å². The van der Waals surface area contributed by atoms with Gasteiger partial charge in [-0.3, -0.25) is 9.48 Å². The number of hydrogen-bond acceptors (Lipinski definition) is 4. The molecule has 1 atom stereocenters. The topological polar surface area (TPSA) is 94.3 Å². The summed E-state index contributed by atoms with van der Waals surface area (Å²) in [6.45, 7) is 0.508. The number of benzene rings is 1. The number of nitrogens with zero attached hydrogens (tertiary/aromatic N) is 5. The largest absolute Gasteiger partial charge is 0.337 e. The van der Waals surface area contributed by atoms with Crippen molar-refractivity contribution < 1.29 is 18.4 Å². The van der Waals surface area contributed by atoms with Crippen LogP contribution in [0.3, 0.4) is 0 Å². The number of fused-ring (bicyclic) bond motifs is 3. The number of amides is 3. The van der Waals surface area contributed by atoms with Gasteiger partial charge in [-0.15, -0.1) is 0 Å². The second-order valence-corrected chi connectivity index (χ2v) is 7.15. The molecule has 3 amide bonds. The first-order valence-electron chi connectivity index (χ1n) is 9.11. The molecule has 0 spiro atoms. The average molecular weight is 400 g/mol. The third-order valence-electron chi connectivity index (χ3n) is 5.12. The third-order valence-corrected chi connectivity index (χ3v) is 5.12. The molecule has 1 aromatic carbocycles. The van der Waals surface area contributed by atoms with Gasteiger partial charge in [-0.25, -0.2) is 13.6 Å². The van der Waals surface area contributed by atoms with Crippen molar-refractivity contribution in [3.05, 3.63) is 46.5 Å². The van der Waals surface area contributed by atoms with Gasteiger partial charge < -0.3 is 15.1 Å². The Bertz CT molecular complexity index is 1040. The maximum atomic E-state index is 14.1. The highest BCUT2D eigenvalue weighted by molar-refractivity contribution is 5.95. The van der Waals surface area contributed by atoms with E-state index in [0.29, 0.717) is 35.6 Å². The van der Waals surface area contributed by atoms with Crippen molar-refractivity contribution in [2.24, 2.45) is 0 Å². The lowest BCUT2D eigenvalue weighted by Gasteiger charge is -2.27. The molecule has 2 aromatic rings. The fraction of sp³-hybridized carbons (Fsp3) is 0.368. The zero-order valence-corrected chi connectivity index (χ0v) is 15.7. The fourth-order valence-corrected chi connectivity index (χ4v) is 3.67. The SMILES string of the molecule is CN1C[C@@H](F)Cn2nc3c(c2C1=O)CN(C(=O)Nc1ccc(F)c(C#N)c1)CC3. The van der Waals surface area contributed by atoms with Crippen LogP contribution in [0.5, 0.6) is 0 Å². The first-order valence-corrected chi connectivity index (χ1v) is 9.11. The molecule has 2 aliphatic heterocycles. The summed E-state index contributed by atoms with van der Waals surface area (Å²) in [7, 11) is 1.54. The van der Waals surface area contributed by atoms with Gasteiger partial charge in [0.25, 0.3) is 5.91 Å². The van der Waals surface area contributed by atoms with E-state index in [4.69, 9.17) is 5.26 Å². The number of urea groups is 1. The lowest BCUT2D eigenvalue weighted by Crippen LogP contribution is -2.39. The number of nitriles is 1. The maximum absolute atomic E-state index is 14.1. The van der Waals surface area contributed by atoms with E-state index < -0.39 is 18.0 Å². The monoisotopic (exact) mass is 400 g/mol. The number of carbonyl (C=O) groups excluding carboxylic acids is 2. The van der Waals surface area contributed by atoms with Crippen LogP contribution in [0, 0.1) is 17.1 Å². The first-order chi connectivity index (χ1) is 13.9. The lowest BCUT2D eigenvalue weighted by molar-refractivity contribution is 0.0767. The van der Waals surface area contributed by atoms with Crippen LogP contribution in [0.25, 0.3) is 0 Å². The van der Waals surface area contributed by atoms with Crippen molar-refractivity contribution in [2.75, 3.05) is 25.5 Å². The van der Waals surface area contributed by atoms with Gasteiger partial charge in [-0.1, -0.05) is 0 Å². The van der Waals surface area contributed by atoms with Gasteiger partial charge in [0.2, 0.25) is 0 Å². The molecule has 0 radical (unpaired) electrons. The Labute approximate surface area is 165 Å². The Kier molecular flexibility index (Phi) is 4.66. The van der Waals surface area contributed by atoms with Crippen LogP contribution in [-0.4, -0.2) is 57.8 Å². The van der Waals surface area contributed by atoms with Crippen molar-refractivity contribution in [1.82, 2.24) is 19.6 Å². The van der Waals surface area contributed by atoms with Gasteiger partial charge in [0.1, 0.15) is 23.8 Å². The second-order valence-electron chi connectivity index (χ2n) is 7.15. The summed E-state index contributed by atoms with van der Waals surface area (Å²) < 4.78 is 28.9. The number of aromatic nitrogens is 2. The van der Waals surface area contributed by atoms with Gasteiger partial charge in [0.05, 0.1) is 30.9 Å². The van der Waals surface area contributed by atoms with E-state index in [0.717, 1.165) is 6.07 Å². The molecule has 8 nitrogen and oxygen atoms in total. The van der Waals surface area contributed by atoms with Gasteiger partial charge in [0, 0.05) is 31.3 Å². The molecule has 0 aliphatic carbocycles. The minimum atomic E-state index is -1.21. The average Bonchev–Trinajstić information content (AvgIpc) is 3.00. The highest BCUT2D eigenvalue weighted by Gasteiger charge is 2.34. The maximum Gasteiger partial charge on any atom is 0.322 e. The Morgan fingerprint density at radius 1 is 1.38 bits per heavy atom. The van der Waals surface area contributed by atoms with E-state index in [1.807, 2.05) is 0 Å². The Morgan fingerprint density at radius 3 is 2.93 bits per heavy atom. The summed E-state index contributed by atoms with van der Waals surface area (Å²) in [4.78, 5) is 28.2. The number of anilines is 1. The minimum Gasteiger partial charge on any atom is -0.337 e. The normalized spacial score (nSPS) is 18.6. The van der Waals surface area contributed by atoms with Gasteiger partial charge in [0.15, 0.2) is 0 Å². The molecule has 1 aromatic heterocycles. The highest BCUT2D eigenvalue weighted by Crippen LogP contribution is 2.26. The number of carbonyl (C=O) groups is 2. The number of nitrogens with one attached hydrogen (secondary N) is 1. The van der Waals surface area contributed by atoms with Crippen LogP contribution in [-0.2, 0) is 19.5 Å². The van der Waals surface area contributed by atoms with E-state index in [-0.39, 0.29) is 31.1 Å². The van der Waals surface area contributed by atoms with E-state index in [1.165, 1.54) is 26.6 Å². The molecule has 10 heteroatoms. The zero-order chi connectivity index (χ0) is 20.7. The van der Waals surface area contributed by atoms with E-state index in [1.54, 1.807) is 13.1 Å². The summed E-state index contributed by atoms with van der Waals surface area (Å²) in [5.74, 6) is -0.983. The van der Waals surface area contributed by atoms with Crippen LogP contribution in [0.4, 0.5) is 19.3 Å². The number of hydrogen-bond donors (Lipinski definition) is 1. The molecule has 2 aliphatic rings. The summed E-state index contributed by atoms with van der Waals surface area (Å²) >= 11 is 0. The number of alkyl halides is 1. The Hall–Kier alpha value is -3.48.